The molecule has 0 aliphatic heterocycles. The molecule has 0 fully saturated rings. The number of aromatic amines is 1. The Balaban J connectivity index is 2.23. The van der Waals surface area contributed by atoms with E-state index in [2.05, 4.69) is 15.5 Å². The van der Waals surface area contributed by atoms with Gasteiger partial charge >= 0.3 is 0 Å². The zero-order valence-corrected chi connectivity index (χ0v) is 11.1. The summed E-state index contributed by atoms with van der Waals surface area (Å²) in [5.74, 6) is 0.827. The van der Waals surface area contributed by atoms with Crippen molar-refractivity contribution in [2.24, 2.45) is 0 Å². The maximum Gasteiger partial charge on any atom is 0.258 e. The van der Waals surface area contributed by atoms with E-state index in [9.17, 15) is 4.79 Å². The lowest BCUT2D eigenvalue weighted by molar-refractivity contribution is 0.102. The second-order valence-electron chi connectivity index (χ2n) is 4.23. The van der Waals surface area contributed by atoms with Crippen molar-refractivity contribution in [1.29, 1.82) is 0 Å². The Kier molecular flexibility index (Phi) is 3.41. The Morgan fingerprint density at radius 2 is 2.16 bits per heavy atom. The Bertz CT molecular complexity index is 619. The Morgan fingerprint density at radius 3 is 2.68 bits per heavy atom. The van der Waals surface area contributed by atoms with Gasteiger partial charge < -0.3 is 15.8 Å². The largest absolute Gasteiger partial charge is 0.497 e. The first-order valence-electron chi connectivity index (χ1n) is 5.79. The fourth-order valence-electron chi connectivity index (χ4n) is 1.66. The highest BCUT2D eigenvalue weighted by Gasteiger charge is 2.14. The number of anilines is 2. The van der Waals surface area contributed by atoms with E-state index in [-0.39, 0.29) is 5.91 Å². The third-order valence-electron chi connectivity index (χ3n) is 2.99. The Morgan fingerprint density at radius 1 is 1.42 bits per heavy atom. The molecular weight excluding hydrogens is 244 g/mol. The van der Waals surface area contributed by atoms with Gasteiger partial charge in [0.05, 0.1) is 12.7 Å². The SMILES string of the molecule is COc1ccc(C(=O)Nc2n[nH]c(C)c2C)c(N)c1. The first kappa shape index (κ1) is 12.9. The van der Waals surface area contributed by atoms with Crippen LogP contribution in [0.15, 0.2) is 18.2 Å². The maximum absolute atomic E-state index is 12.1. The molecule has 0 saturated heterocycles. The number of amides is 1. The predicted molar refractivity (Wildman–Crippen MR) is 73.4 cm³/mol. The Hall–Kier alpha value is -2.50. The van der Waals surface area contributed by atoms with Crippen LogP contribution in [-0.4, -0.2) is 23.2 Å². The molecule has 2 rings (SSSR count). The van der Waals surface area contributed by atoms with Crippen LogP contribution in [0, 0.1) is 13.8 Å². The van der Waals surface area contributed by atoms with Crippen LogP contribution in [0.5, 0.6) is 5.75 Å². The third kappa shape index (κ3) is 2.52. The van der Waals surface area contributed by atoms with Gasteiger partial charge in [-0.05, 0) is 26.0 Å². The number of ether oxygens (including phenoxy) is 1. The molecule has 0 aliphatic rings. The number of hydrogen-bond donors (Lipinski definition) is 3. The average Bonchev–Trinajstić information content (AvgIpc) is 2.70. The summed E-state index contributed by atoms with van der Waals surface area (Å²) in [6, 6.07) is 4.92. The van der Waals surface area contributed by atoms with Crippen molar-refractivity contribution in [3.63, 3.8) is 0 Å². The lowest BCUT2D eigenvalue weighted by atomic mass is 10.1. The fourth-order valence-corrected chi connectivity index (χ4v) is 1.66. The van der Waals surface area contributed by atoms with Gasteiger partial charge in [0.25, 0.3) is 5.91 Å². The van der Waals surface area contributed by atoms with Crippen LogP contribution >= 0.6 is 0 Å². The van der Waals surface area contributed by atoms with Gasteiger partial charge in [0, 0.05) is 23.0 Å². The van der Waals surface area contributed by atoms with Crippen molar-refractivity contribution in [2.75, 3.05) is 18.2 Å². The van der Waals surface area contributed by atoms with Gasteiger partial charge in [-0.15, -0.1) is 0 Å². The molecular formula is C13H16N4O2. The number of hydrogen-bond acceptors (Lipinski definition) is 4. The van der Waals surface area contributed by atoms with Crippen LogP contribution < -0.4 is 15.8 Å². The first-order valence-corrected chi connectivity index (χ1v) is 5.79. The molecule has 100 valence electrons. The number of nitrogen functional groups attached to an aromatic ring is 1. The zero-order chi connectivity index (χ0) is 14.0. The number of nitrogens with one attached hydrogen (secondary N) is 2. The normalized spacial score (nSPS) is 10.3. The van der Waals surface area contributed by atoms with Crippen LogP contribution in [0.2, 0.25) is 0 Å². The van der Waals surface area contributed by atoms with Crippen LogP contribution in [0.1, 0.15) is 21.6 Å². The lowest BCUT2D eigenvalue weighted by Gasteiger charge is -2.08. The van der Waals surface area contributed by atoms with Crippen LogP contribution in [0.3, 0.4) is 0 Å². The third-order valence-corrected chi connectivity index (χ3v) is 2.99. The molecule has 0 saturated carbocycles. The molecule has 2 aromatic rings. The second-order valence-corrected chi connectivity index (χ2v) is 4.23. The molecule has 6 nitrogen and oxygen atoms in total. The monoisotopic (exact) mass is 260 g/mol. The molecule has 0 atom stereocenters. The molecule has 19 heavy (non-hydrogen) atoms. The zero-order valence-electron chi connectivity index (χ0n) is 11.1. The highest BCUT2D eigenvalue weighted by atomic mass is 16.5. The van der Waals surface area contributed by atoms with Crippen molar-refractivity contribution in [3.05, 3.63) is 35.0 Å². The Labute approximate surface area is 111 Å². The molecule has 4 N–H and O–H groups in total. The van der Waals surface area contributed by atoms with Crippen LogP contribution in [-0.2, 0) is 0 Å². The summed E-state index contributed by atoms with van der Waals surface area (Å²) in [6.45, 7) is 3.77. The number of carbonyl (C=O) groups excluding carboxylic acids is 1. The summed E-state index contributed by atoms with van der Waals surface area (Å²) in [7, 11) is 1.55. The van der Waals surface area contributed by atoms with Crippen LogP contribution in [0.4, 0.5) is 11.5 Å². The second kappa shape index (κ2) is 5.01. The molecule has 0 unspecified atom stereocenters. The molecule has 6 heteroatoms. The van der Waals surface area contributed by atoms with Crippen molar-refractivity contribution in [2.45, 2.75) is 13.8 Å². The number of methoxy groups -OCH3 is 1. The number of carbonyl (C=O) groups is 1. The number of H-pyrrole nitrogens is 1. The lowest BCUT2D eigenvalue weighted by Crippen LogP contribution is -2.15. The van der Waals surface area contributed by atoms with E-state index >= 15 is 0 Å². The van der Waals surface area contributed by atoms with E-state index in [0.29, 0.717) is 22.8 Å². The fraction of sp³-hybridized carbons (Fsp3) is 0.231. The molecule has 1 aromatic heterocycles. The van der Waals surface area contributed by atoms with Crippen molar-refractivity contribution in [3.8, 4) is 5.75 Å². The number of nitrogens with two attached hydrogens (primary N) is 1. The number of nitrogens with zero attached hydrogens (tertiary/aromatic N) is 1. The molecule has 1 amide bonds. The minimum Gasteiger partial charge on any atom is -0.497 e. The van der Waals surface area contributed by atoms with E-state index in [0.717, 1.165) is 11.3 Å². The van der Waals surface area contributed by atoms with E-state index in [1.165, 1.54) is 0 Å². The van der Waals surface area contributed by atoms with Gasteiger partial charge in [-0.1, -0.05) is 0 Å². The highest BCUT2D eigenvalue weighted by Crippen LogP contribution is 2.21. The van der Waals surface area contributed by atoms with Crippen molar-refractivity contribution in [1.82, 2.24) is 10.2 Å². The summed E-state index contributed by atoms with van der Waals surface area (Å²) in [5, 5.41) is 9.56. The molecule has 0 radical (unpaired) electrons. The minimum atomic E-state index is -0.297. The number of aromatic nitrogens is 2. The highest BCUT2D eigenvalue weighted by molar-refractivity contribution is 6.07. The van der Waals surface area contributed by atoms with Gasteiger partial charge in [-0.2, -0.15) is 5.10 Å². The van der Waals surface area contributed by atoms with Gasteiger partial charge in [0.15, 0.2) is 5.82 Å². The van der Waals surface area contributed by atoms with E-state index < -0.39 is 0 Å². The maximum atomic E-state index is 12.1. The molecule has 1 aromatic carbocycles. The average molecular weight is 260 g/mol. The van der Waals surface area contributed by atoms with E-state index in [1.54, 1.807) is 25.3 Å². The molecule has 0 aliphatic carbocycles. The summed E-state index contributed by atoms with van der Waals surface area (Å²) in [6.07, 6.45) is 0. The van der Waals surface area contributed by atoms with E-state index in [4.69, 9.17) is 10.5 Å². The summed E-state index contributed by atoms with van der Waals surface area (Å²) >= 11 is 0. The standard InChI is InChI=1S/C13H16N4O2/c1-7-8(2)16-17-12(7)15-13(18)10-5-4-9(19-3)6-11(10)14/h4-6H,14H2,1-3H3,(H2,15,16,17,18). The quantitative estimate of drug-likeness (QED) is 0.734. The van der Waals surface area contributed by atoms with Gasteiger partial charge in [0.1, 0.15) is 5.75 Å². The topological polar surface area (TPSA) is 93.0 Å². The van der Waals surface area contributed by atoms with E-state index in [1.807, 2.05) is 13.8 Å². The first-order chi connectivity index (χ1) is 9.02. The summed E-state index contributed by atoms with van der Waals surface area (Å²) in [5.41, 5.74) is 8.40. The van der Waals surface area contributed by atoms with Gasteiger partial charge in [-0.25, -0.2) is 0 Å². The molecule has 1 heterocycles. The number of aryl methyl sites for hydroxylation is 1. The van der Waals surface area contributed by atoms with Gasteiger partial charge in [0.2, 0.25) is 0 Å². The predicted octanol–water partition coefficient (Wildman–Crippen LogP) is 1.87. The molecule has 0 bridgehead atoms. The molecule has 0 spiro atoms. The van der Waals surface area contributed by atoms with Crippen LogP contribution in [0.25, 0.3) is 0 Å². The summed E-state index contributed by atoms with van der Waals surface area (Å²) < 4.78 is 5.04. The summed E-state index contributed by atoms with van der Waals surface area (Å²) in [4.78, 5) is 12.1. The van der Waals surface area contributed by atoms with Crippen molar-refractivity contribution < 1.29 is 9.53 Å². The smallest absolute Gasteiger partial charge is 0.258 e. The number of benzene rings is 1. The van der Waals surface area contributed by atoms with Gasteiger partial charge in [-0.3, -0.25) is 9.89 Å². The van der Waals surface area contributed by atoms with Crippen molar-refractivity contribution >= 4 is 17.4 Å². The number of rotatable bonds is 3. The minimum absolute atomic E-state index is 0.297.